The smallest absolute Gasteiger partial charge is 0.343 e. The van der Waals surface area contributed by atoms with Crippen LogP contribution in [0.25, 0.3) is 0 Å². The molecular formula is C15H20F3N3O3S. The summed E-state index contributed by atoms with van der Waals surface area (Å²) in [5.41, 5.74) is -0.151. The van der Waals surface area contributed by atoms with Gasteiger partial charge in [0.1, 0.15) is 6.54 Å². The molecule has 1 aromatic carbocycles. The van der Waals surface area contributed by atoms with E-state index in [2.05, 4.69) is 10.0 Å². The lowest BCUT2D eigenvalue weighted by atomic mass is 10.0. The third-order valence-corrected chi connectivity index (χ3v) is 5.41. The lowest BCUT2D eigenvalue weighted by Crippen LogP contribution is -2.51. The standard InChI is InChI=1S/C15H20F3N3O3S/c1-10-13(6-3-7-19-10)21-25(23,24)12-5-2-4-11(8-12)14(22)20-9-15(16,17)18/h2,4-5,8,10,13,19,21H,3,6-7,9H2,1H3,(H,20,22). The van der Waals surface area contributed by atoms with Gasteiger partial charge in [-0.3, -0.25) is 4.79 Å². The van der Waals surface area contributed by atoms with Gasteiger partial charge in [-0.05, 0) is 44.5 Å². The molecule has 25 heavy (non-hydrogen) atoms. The number of piperidine rings is 1. The third-order valence-electron chi connectivity index (χ3n) is 3.92. The van der Waals surface area contributed by atoms with Crippen LogP contribution in [0.3, 0.4) is 0 Å². The van der Waals surface area contributed by atoms with Crippen LogP contribution in [0, 0.1) is 0 Å². The summed E-state index contributed by atoms with van der Waals surface area (Å²) in [4.78, 5) is 11.6. The third kappa shape index (κ3) is 5.68. The SMILES string of the molecule is CC1NCCCC1NS(=O)(=O)c1cccc(C(=O)NCC(F)(F)F)c1. The maximum atomic E-state index is 12.5. The van der Waals surface area contributed by atoms with E-state index in [-0.39, 0.29) is 22.5 Å². The average Bonchev–Trinajstić information content (AvgIpc) is 2.54. The van der Waals surface area contributed by atoms with Gasteiger partial charge in [0.05, 0.1) is 4.90 Å². The first-order valence-corrected chi connectivity index (χ1v) is 9.27. The van der Waals surface area contributed by atoms with Gasteiger partial charge in [0.15, 0.2) is 0 Å². The van der Waals surface area contributed by atoms with E-state index in [1.807, 2.05) is 6.92 Å². The summed E-state index contributed by atoms with van der Waals surface area (Å²) in [7, 11) is -3.88. The van der Waals surface area contributed by atoms with E-state index in [1.54, 1.807) is 5.32 Å². The zero-order valence-corrected chi connectivity index (χ0v) is 14.4. The Labute approximate surface area is 144 Å². The number of carbonyl (C=O) groups is 1. The van der Waals surface area contributed by atoms with Crippen LogP contribution >= 0.6 is 0 Å². The summed E-state index contributed by atoms with van der Waals surface area (Å²) in [5, 5.41) is 4.89. The number of sulfonamides is 1. The number of halogens is 3. The number of nitrogens with one attached hydrogen (secondary N) is 3. The average molecular weight is 379 g/mol. The molecule has 10 heteroatoms. The van der Waals surface area contributed by atoms with Gasteiger partial charge in [0, 0.05) is 17.6 Å². The van der Waals surface area contributed by atoms with Gasteiger partial charge in [0.25, 0.3) is 5.91 Å². The molecule has 1 aliphatic heterocycles. The molecular weight excluding hydrogens is 359 g/mol. The minimum atomic E-state index is -4.54. The Balaban J connectivity index is 2.12. The van der Waals surface area contributed by atoms with E-state index in [4.69, 9.17) is 0 Å². The highest BCUT2D eigenvalue weighted by molar-refractivity contribution is 7.89. The normalized spacial score (nSPS) is 21.8. The Morgan fingerprint density at radius 1 is 1.36 bits per heavy atom. The van der Waals surface area contributed by atoms with Gasteiger partial charge < -0.3 is 10.6 Å². The number of hydrogen-bond acceptors (Lipinski definition) is 4. The fourth-order valence-corrected chi connectivity index (χ4v) is 3.96. The molecule has 2 rings (SSSR count). The molecule has 1 saturated heterocycles. The van der Waals surface area contributed by atoms with E-state index >= 15 is 0 Å². The Morgan fingerprint density at radius 3 is 2.72 bits per heavy atom. The summed E-state index contributed by atoms with van der Waals surface area (Å²) in [6.07, 6.45) is -3.03. The van der Waals surface area contributed by atoms with Gasteiger partial charge in [-0.25, -0.2) is 13.1 Å². The fourth-order valence-electron chi connectivity index (χ4n) is 2.56. The Hall–Kier alpha value is -1.65. The van der Waals surface area contributed by atoms with Crippen LogP contribution in [0.5, 0.6) is 0 Å². The van der Waals surface area contributed by atoms with Gasteiger partial charge in [-0.2, -0.15) is 13.2 Å². The van der Waals surface area contributed by atoms with Crippen molar-refractivity contribution in [2.24, 2.45) is 0 Å². The molecule has 3 N–H and O–H groups in total. The van der Waals surface area contributed by atoms with Gasteiger partial charge >= 0.3 is 6.18 Å². The second-order valence-electron chi connectivity index (χ2n) is 5.94. The van der Waals surface area contributed by atoms with Crippen molar-refractivity contribution in [1.82, 2.24) is 15.4 Å². The molecule has 1 aromatic rings. The van der Waals surface area contributed by atoms with Crippen molar-refractivity contribution in [2.75, 3.05) is 13.1 Å². The fraction of sp³-hybridized carbons (Fsp3) is 0.533. The summed E-state index contributed by atoms with van der Waals surface area (Å²) < 4.78 is 64.1. The molecule has 0 saturated carbocycles. The van der Waals surface area contributed by atoms with Crippen molar-refractivity contribution < 1.29 is 26.4 Å². The van der Waals surface area contributed by atoms with Crippen LogP contribution < -0.4 is 15.4 Å². The Morgan fingerprint density at radius 2 is 2.08 bits per heavy atom. The molecule has 0 aliphatic carbocycles. The van der Waals surface area contributed by atoms with Crippen molar-refractivity contribution in [3.05, 3.63) is 29.8 Å². The monoisotopic (exact) mass is 379 g/mol. The summed E-state index contributed by atoms with van der Waals surface area (Å²) in [6, 6.07) is 4.61. The van der Waals surface area contributed by atoms with Crippen LogP contribution in [-0.2, 0) is 10.0 Å². The number of rotatable bonds is 5. The minimum Gasteiger partial charge on any atom is -0.343 e. The summed E-state index contributed by atoms with van der Waals surface area (Å²) in [6.45, 7) is 1.20. The van der Waals surface area contributed by atoms with Crippen molar-refractivity contribution in [1.29, 1.82) is 0 Å². The predicted octanol–water partition coefficient (Wildman–Crippen LogP) is 1.40. The van der Waals surface area contributed by atoms with E-state index < -0.39 is 28.7 Å². The highest BCUT2D eigenvalue weighted by Crippen LogP contribution is 2.17. The van der Waals surface area contributed by atoms with E-state index in [1.165, 1.54) is 18.2 Å². The predicted molar refractivity (Wildman–Crippen MR) is 85.6 cm³/mol. The topological polar surface area (TPSA) is 87.3 Å². The van der Waals surface area contributed by atoms with Crippen molar-refractivity contribution in [3.8, 4) is 0 Å². The molecule has 1 amide bonds. The first-order valence-electron chi connectivity index (χ1n) is 7.79. The quantitative estimate of drug-likeness (QED) is 0.722. The number of benzene rings is 1. The maximum absolute atomic E-state index is 12.5. The summed E-state index contributed by atoms with van der Waals surface area (Å²) >= 11 is 0. The first-order chi connectivity index (χ1) is 11.6. The van der Waals surface area contributed by atoms with E-state index in [0.29, 0.717) is 6.42 Å². The van der Waals surface area contributed by atoms with Crippen molar-refractivity contribution >= 4 is 15.9 Å². The lowest BCUT2D eigenvalue weighted by molar-refractivity contribution is -0.123. The van der Waals surface area contributed by atoms with Crippen LogP contribution in [-0.4, -0.2) is 45.7 Å². The molecule has 140 valence electrons. The number of amides is 1. The number of carbonyl (C=O) groups excluding carboxylic acids is 1. The second kappa shape index (κ2) is 7.71. The molecule has 0 bridgehead atoms. The zero-order valence-electron chi connectivity index (χ0n) is 13.6. The molecule has 1 aliphatic rings. The van der Waals surface area contributed by atoms with Crippen LogP contribution in [0.1, 0.15) is 30.1 Å². The van der Waals surface area contributed by atoms with Crippen molar-refractivity contribution in [2.45, 2.75) is 42.9 Å². The van der Waals surface area contributed by atoms with E-state index in [0.717, 1.165) is 19.0 Å². The van der Waals surface area contributed by atoms with Crippen molar-refractivity contribution in [3.63, 3.8) is 0 Å². The van der Waals surface area contributed by atoms with E-state index in [9.17, 15) is 26.4 Å². The van der Waals surface area contributed by atoms with Gasteiger partial charge in [-0.1, -0.05) is 6.07 Å². The molecule has 0 aromatic heterocycles. The van der Waals surface area contributed by atoms with Crippen LogP contribution in [0.4, 0.5) is 13.2 Å². The maximum Gasteiger partial charge on any atom is 0.405 e. The molecule has 0 radical (unpaired) electrons. The Kier molecular flexibility index (Phi) is 6.07. The number of alkyl halides is 3. The second-order valence-corrected chi connectivity index (χ2v) is 7.65. The Bertz CT molecular complexity index is 722. The highest BCUT2D eigenvalue weighted by Gasteiger charge is 2.29. The molecule has 6 nitrogen and oxygen atoms in total. The highest BCUT2D eigenvalue weighted by atomic mass is 32.2. The largest absolute Gasteiger partial charge is 0.405 e. The lowest BCUT2D eigenvalue weighted by Gasteiger charge is -2.30. The molecule has 2 atom stereocenters. The van der Waals surface area contributed by atoms with Crippen LogP contribution in [0.15, 0.2) is 29.2 Å². The number of hydrogen-bond donors (Lipinski definition) is 3. The van der Waals surface area contributed by atoms with Gasteiger partial charge in [0.2, 0.25) is 10.0 Å². The molecule has 1 heterocycles. The molecule has 0 spiro atoms. The van der Waals surface area contributed by atoms with Gasteiger partial charge in [-0.15, -0.1) is 0 Å². The van der Waals surface area contributed by atoms with Crippen LogP contribution in [0.2, 0.25) is 0 Å². The zero-order chi connectivity index (χ0) is 18.7. The summed E-state index contributed by atoms with van der Waals surface area (Å²) in [5.74, 6) is -0.984. The first kappa shape index (κ1) is 19.7. The molecule has 2 unspecified atom stereocenters. The molecule has 1 fully saturated rings. The minimum absolute atomic E-state index is 0.0400.